The SMILES string of the molecule is C=C(C)C(=O)OCCc1nc(N)nc(N)n1.c1ncncn1. The molecular weight excluding hydrogens is 288 g/mol. The van der Waals surface area contributed by atoms with Gasteiger partial charge in [0.25, 0.3) is 0 Å². The number of hydrogen-bond donors (Lipinski definition) is 2. The van der Waals surface area contributed by atoms with E-state index in [4.69, 9.17) is 16.2 Å². The largest absolute Gasteiger partial charge is 0.462 e. The molecule has 2 aromatic heterocycles. The molecule has 0 aromatic carbocycles. The molecule has 0 aliphatic heterocycles. The number of aromatic nitrogens is 6. The molecule has 22 heavy (non-hydrogen) atoms. The highest BCUT2D eigenvalue weighted by atomic mass is 16.5. The minimum Gasteiger partial charge on any atom is -0.462 e. The quantitative estimate of drug-likeness (QED) is 0.561. The van der Waals surface area contributed by atoms with E-state index in [1.807, 2.05) is 0 Å². The topological polar surface area (TPSA) is 156 Å². The van der Waals surface area contributed by atoms with Crippen LogP contribution in [0, 0.1) is 0 Å². The summed E-state index contributed by atoms with van der Waals surface area (Å²) in [7, 11) is 0. The Balaban J connectivity index is 0.000000335. The second kappa shape index (κ2) is 8.89. The predicted octanol–water partition coefficient (Wildman–Crippen LogP) is -0.431. The number of carbonyl (C=O) groups excluding carboxylic acids is 1. The highest BCUT2D eigenvalue weighted by Crippen LogP contribution is 2.00. The van der Waals surface area contributed by atoms with E-state index in [2.05, 4.69) is 36.5 Å². The van der Waals surface area contributed by atoms with E-state index in [0.717, 1.165) is 0 Å². The van der Waals surface area contributed by atoms with Gasteiger partial charge in [-0.2, -0.15) is 15.0 Å². The number of nitrogen functional groups attached to an aromatic ring is 2. The van der Waals surface area contributed by atoms with Gasteiger partial charge in [0.1, 0.15) is 24.8 Å². The van der Waals surface area contributed by atoms with Crippen molar-refractivity contribution < 1.29 is 9.53 Å². The van der Waals surface area contributed by atoms with Crippen molar-refractivity contribution in [2.75, 3.05) is 18.1 Å². The number of nitrogens with zero attached hydrogens (tertiary/aromatic N) is 6. The molecule has 4 N–H and O–H groups in total. The number of carbonyl (C=O) groups is 1. The molecule has 0 saturated heterocycles. The fourth-order valence-electron chi connectivity index (χ4n) is 1.13. The standard InChI is InChI=1S/C9H13N5O2.C3H3N3/c1-5(2)7(15)16-4-3-6-12-8(10)14-9(11)13-6;1-4-2-6-3-5-1/h1,3-4H2,2H3,(H4,10,11,12,13,14);1-3H. The van der Waals surface area contributed by atoms with Crippen LogP contribution in [0.5, 0.6) is 0 Å². The molecule has 2 rings (SSSR count). The van der Waals surface area contributed by atoms with Crippen LogP contribution in [0.4, 0.5) is 11.9 Å². The molecular formula is C12H16N8O2. The van der Waals surface area contributed by atoms with Crippen LogP contribution in [-0.4, -0.2) is 42.5 Å². The number of anilines is 2. The summed E-state index contributed by atoms with van der Waals surface area (Å²) in [5.74, 6) is 0.0389. The van der Waals surface area contributed by atoms with Gasteiger partial charge in [-0.15, -0.1) is 0 Å². The summed E-state index contributed by atoms with van der Waals surface area (Å²) in [4.78, 5) is 33.0. The van der Waals surface area contributed by atoms with Gasteiger partial charge in [-0.1, -0.05) is 6.58 Å². The molecule has 10 nitrogen and oxygen atoms in total. The van der Waals surface area contributed by atoms with Crippen LogP contribution < -0.4 is 11.5 Å². The van der Waals surface area contributed by atoms with Crippen LogP contribution in [0.25, 0.3) is 0 Å². The Morgan fingerprint density at radius 1 is 1.09 bits per heavy atom. The van der Waals surface area contributed by atoms with Gasteiger partial charge in [-0.3, -0.25) is 0 Å². The third-order valence-electron chi connectivity index (χ3n) is 2.02. The van der Waals surface area contributed by atoms with E-state index < -0.39 is 5.97 Å². The number of rotatable bonds is 4. The molecule has 10 heteroatoms. The monoisotopic (exact) mass is 304 g/mol. The first kappa shape index (κ1) is 16.9. The number of ether oxygens (including phenoxy) is 1. The maximum atomic E-state index is 11.0. The Kier molecular flexibility index (Phi) is 6.82. The lowest BCUT2D eigenvalue weighted by atomic mass is 10.3. The van der Waals surface area contributed by atoms with Gasteiger partial charge < -0.3 is 16.2 Å². The first-order valence-corrected chi connectivity index (χ1v) is 6.12. The molecule has 0 amide bonds. The molecule has 0 spiro atoms. The summed E-state index contributed by atoms with van der Waals surface area (Å²) >= 11 is 0. The van der Waals surface area contributed by atoms with Crippen molar-refractivity contribution >= 4 is 17.9 Å². The van der Waals surface area contributed by atoms with Crippen molar-refractivity contribution in [1.29, 1.82) is 0 Å². The van der Waals surface area contributed by atoms with Crippen LogP contribution >= 0.6 is 0 Å². The molecule has 2 heterocycles. The van der Waals surface area contributed by atoms with Gasteiger partial charge in [0.15, 0.2) is 0 Å². The minimum atomic E-state index is -0.449. The van der Waals surface area contributed by atoms with Gasteiger partial charge in [0.05, 0.1) is 6.61 Å². The molecule has 0 atom stereocenters. The maximum absolute atomic E-state index is 11.0. The second-order valence-corrected chi connectivity index (χ2v) is 3.93. The Bertz CT molecular complexity index is 573. The van der Waals surface area contributed by atoms with Crippen molar-refractivity contribution in [3.8, 4) is 0 Å². The Labute approximate surface area is 126 Å². The molecule has 0 fully saturated rings. The zero-order valence-corrected chi connectivity index (χ0v) is 12.0. The molecule has 116 valence electrons. The highest BCUT2D eigenvalue weighted by molar-refractivity contribution is 5.86. The first-order valence-electron chi connectivity index (χ1n) is 6.12. The van der Waals surface area contributed by atoms with E-state index >= 15 is 0 Å². The van der Waals surface area contributed by atoms with Crippen LogP contribution in [-0.2, 0) is 16.0 Å². The average molecular weight is 304 g/mol. The molecule has 0 bridgehead atoms. The molecule has 2 aromatic rings. The number of hydrogen-bond acceptors (Lipinski definition) is 10. The molecule has 0 aliphatic carbocycles. The zero-order chi connectivity index (χ0) is 16.4. The predicted molar refractivity (Wildman–Crippen MR) is 78.0 cm³/mol. The highest BCUT2D eigenvalue weighted by Gasteiger charge is 2.05. The lowest BCUT2D eigenvalue weighted by molar-refractivity contribution is -0.138. The summed E-state index contributed by atoms with van der Waals surface area (Å²) in [6, 6.07) is 0. The van der Waals surface area contributed by atoms with Gasteiger partial charge in [0.2, 0.25) is 11.9 Å². The van der Waals surface area contributed by atoms with Crippen molar-refractivity contribution in [3.63, 3.8) is 0 Å². The summed E-state index contributed by atoms with van der Waals surface area (Å²) < 4.78 is 4.87. The molecule has 0 radical (unpaired) electrons. The Morgan fingerprint density at radius 3 is 2.00 bits per heavy atom. The third-order valence-corrected chi connectivity index (χ3v) is 2.02. The second-order valence-electron chi connectivity index (χ2n) is 3.93. The van der Waals surface area contributed by atoms with E-state index in [1.165, 1.54) is 19.0 Å². The molecule has 0 aliphatic rings. The van der Waals surface area contributed by atoms with Gasteiger partial charge in [-0.25, -0.2) is 19.7 Å². The third kappa shape index (κ3) is 6.84. The summed E-state index contributed by atoms with van der Waals surface area (Å²) in [5, 5.41) is 0. The fourth-order valence-corrected chi connectivity index (χ4v) is 1.13. The number of esters is 1. The smallest absolute Gasteiger partial charge is 0.333 e. The minimum absolute atomic E-state index is 0.0497. The van der Waals surface area contributed by atoms with Crippen molar-refractivity contribution in [3.05, 3.63) is 37.0 Å². The Hall–Kier alpha value is -3.17. The van der Waals surface area contributed by atoms with Gasteiger partial charge in [-0.05, 0) is 6.92 Å². The van der Waals surface area contributed by atoms with Crippen LogP contribution in [0.2, 0.25) is 0 Å². The lowest BCUT2D eigenvalue weighted by Crippen LogP contribution is -2.12. The average Bonchev–Trinajstić information content (AvgIpc) is 2.48. The van der Waals surface area contributed by atoms with Crippen molar-refractivity contribution in [2.45, 2.75) is 13.3 Å². The van der Waals surface area contributed by atoms with Crippen molar-refractivity contribution in [1.82, 2.24) is 29.9 Å². The zero-order valence-electron chi connectivity index (χ0n) is 12.0. The van der Waals surface area contributed by atoms with E-state index in [9.17, 15) is 4.79 Å². The first-order chi connectivity index (χ1) is 10.5. The molecule has 0 unspecified atom stereocenters. The van der Waals surface area contributed by atoms with Crippen LogP contribution in [0.3, 0.4) is 0 Å². The fraction of sp³-hybridized carbons (Fsp3) is 0.250. The maximum Gasteiger partial charge on any atom is 0.333 e. The van der Waals surface area contributed by atoms with Crippen LogP contribution in [0.15, 0.2) is 31.1 Å². The van der Waals surface area contributed by atoms with Crippen molar-refractivity contribution in [2.24, 2.45) is 0 Å². The van der Waals surface area contributed by atoms with E-state index in [-0.39, 0.29) is 18.5 Å². The summed E-state index contributed by atoms with van der Waals surface area (Å²) in [6.07, 6.45) is 4.64. The van der Waals surface area contributed by atoms with Gasteiger partial charge in [0, 0.05) is 12.0 Å². The summed E-state index contributed by atoms with van der Waals surface area (Å²) in [5.41, 5.74) is 11.1. The van der Waals surface area contributed by atoms with Gasteiger partial charge >= 0.3 is 5.97 Å². The van der Waals surface area contributed by atoms with Crippen LogP contribution in [0.1, 0.15) is 12.7 Å². The Morgan fingerprint density at radius 2 is 1.59 bits per heavy atom. The molecule has 0 saturated carbocycles. The number of nitrogens with two attached hydrogens (primary N) is 2. The normalized spacial score (nSPS) is 9.32. The lowest BCUT2D eigenvalue weighted by Gasteiger charge is -2.04. The summed E-state index contributed by atoms with van der Waals surface area (Å²) in [6.45, 7) is 5.17. The van der Waals surface area contributed by atoms with E-state index in [1.54, 1.807) is 6.92 Å². The van der Waals surface area contributed by atoms with E-state index in [0.29, 0.717) is 17.8 Å².